The number of para-hydroxylation sites is 1. The molecule has 36 nitrogen and oxygen atoms in total. The molecule has 2 amide bonds. The molecule has 0 bridgehead atoms. The molecule has 4 atom stereocenters. The highest BCUT2D eigenvalue weighted by molar-refractivity contribution is 9.12. The van der Waals surface area contributed by atoms with Crippen molar-refractivity contribution >= 4 is 158 Å². The standard InChI is InChI=1S/C23H19ClF3NO3.C19H21BrO5.C19H15ClF3NO7.C16H19N5O9S2.C12H27PS3.C8H14N4OS/c1-22(2)17(12-19(24)23(25,26)27)20(22)21(29)31-18(13-28)14-7-6-10-16(11-14)30-15-8-4-3-5-9-15;1-10-9-14(23-4)18(24-5)19(25-6)15(10)17(21)16-11(2)12(20)7-8-13(16)22-3;1-3-29-17(25)10(2)30-18(26)13-9-12(5-6-15(13)24(27)28)31-16-7-4-11(8-14(16)20)19(21,22)23;1-29-12-7-13(30-2)19-15(18-12)20-16(24)21-32(27,28)11-6-9(8-17-31(3,25)26)4-5-10(11)14(22)23;1-4-7-10-14-13(15-11-8-5-2)16-12-9-6-3;1-8(2,3)5-6(13)12(9)7(14-4)11-10-5/h3-12,17-18,20H,1-2H3;7-9H,1-6H3;4-10H,3H2,1-2H3;4-7,17H,8H2,1-3H3,(H,22,23)(H2,18,19,20,21,24);4-12H2,1-3H3;9H2,1-4H3/b19-12-;;;;;/t17-,18?,20-;;;;;/m0...../s1. The number of amides is 2. The molecule has 1 fully saturated rings. The summed E-state index contributed by atoms with van der Waals surface area (Å²) in [5.41, 5.74) is -0.691. The third kappa shape index (κ3) is 39.3. The predicted octanol–water partition coefficient (Wildman–Crippen LogP) is 23.0. The fourth-order valence-electron chi connectivity index (χ4n) is 12.8. The number of carboxylic acids is 1. The number of nitrogens with zero attached hydrogens (tertiary/aromatic N) is 7. The van der Waals surface area contributed by atoms with E-state index < -0.39 is 129 Å². The largest absolute Gasteiger partial charge is 0.496 e. The van der Waals surface area contributed by atoms with Crippen molar-refractivity contribution in [1.82, 2.24) is 34.3 Å². The molecule has 812 valence electrons. The van der Waals surface area contributed by atoms with E-state index in [0.717, 1.165) is 75.1 Å². The van der Waals surface area contributed by atoms with Crippen LogP contribution in [0.25, 0.3) is 0 Å². The number of aromatic carboxylic acids is 1. The van der Waals surface area contributed by atoms with Gasteiger partial charge in [-0.25, -0.2) is 45.5 Å². The quantitative estimate of drug-likeness (QED) is 0.00227. The molecule has 0 radical (unpaired) electrons. The van der Waals surface area contributed by atoms with Gasteiger partial charge in [-0.15, -0.1) is 44.3 Å². The number of halogens is 9. The second-order valence-corrected chi connectivity index (χ2v) is 49.0. The Labute approximate surface area is 894 Å². The Morgan fingerprint density at radius 3 is 1.80 bits per heavy atom. The number of nitrogens with one attached hydrogen (secondary N) is 3. The first kappa shape index (κ1) is 128. The van der Waals surface area contributed by atoms with Crippen LogP contribution in [-0.2, 0) is 62.0 Å². The number of hydrogen-bond acceptors (Lipinski definition) is 34. The second-order valence-electron chi connectivity index (χ2n) is 33.0. The van der Waals surface area contributed by atoms with E-state index in [1.54, 1.807) is 87.4 Å². The van der Waals surface area contributed by atoms with Crippen molar-refractivity contribution in [3.05, 3.63) is 230 Å². The number of esters is 3. The van der Waals surface area contributed by atoms with Gasteiger partial charge in [-0.1, -0.05) is 168 Å². The Morgan fingerprint density at radius 1 is 0.718 bits per heavy atom. The highest BCUT2D eigenvalue weighted by atomic mass is 79.9. The van der Waals surface area contributed by atoms with Crippen molar-refractivity contribution in [1.29, 1.82) is 5.26 Å². The van der Waals surface area contributed by atoms with Crippen molar-refractivity contribution in [2.45, 2.75) is 168 Å². The molecule has 6 N–H and O–H groups in total. The third-order valence-electron chi connectivity index (χ3n) is 20.6. The van der Waals surface area contributed by atoms with E-state index in [9.17, 15) is 97.2 Å². The summed E-state index contributed by atoms with van der Waals surface area (Å²) >= 11 is 22.6. The van der Waals surface area contributed by atoms with Crippen LogP contribution in [0.15, 0.2) is 164 Å². The van der Waals surface area contributed by atoms with Gasteiger partial charge in [-0.05, 0) is 177 Å². The van der Waals surface area contributed by atoms with Crippen LogP contribution >= 0.6 is 90.6 Å². The predicted molar refractivity (Wildman–Crippen MR) is 564 cm³/mol. The SMILES string of the molecule is CC1(C)[C@H](C(=O)OC(C#N)c2cccc(Oc3ccccc3)c2)[C@@H]1/C=C(\Cl)C(F)(F)F.CCCCSP(SCCCC)SCCCC.CCOC(=O)C(C)OC(=O)c1cc(Oc2ccc(C(F)(F)F)cc2Cl)ccc1[N+](=O)[O-].COc1cc(C)c(C(=O)c2c(OC)ccc(Br)c2C)c(OC)c1OC.COc1cc(OC)nc(NC(=O)NS(=O)(=O)c2cc(CNS(C)(=O)=O)ccc2C(=O)O)n1.CSc1nnc(C(C)(C)C)c(=O)n1N. The Morgan fingerprint density at radius 2 is 1.30 bits per heavy atom. The molecule has 1 saturated carbocycles. The van der Waals surface area contributed by atoms with Gasteiger partial charge >= 0.3 is 42.3 Å². The second kappa shape index (κ2) is 59.9. The number of nitrogen functional groups attached to an aromatic ring is 1. The van der Waals surface area contributed by atoms with Gasteiger partial charge in [0.15, 0.2) is 17.6 Å². The molecule has 9 aromatic rings. The number of allylic oxidation sites excluding steroid dienone is 2. The summed E-state index contributed by atoms with van der Waals surface area (Å²) in [7, 11) is 0.397. The maximum Gasteiger partial charge on any atom is 0.426 e. The zero-order chi connectivity index (χ0) is 112. The summed E-state index contributed by atoms with van der Waals surface area (Å²) in [6.07, 6.45) is -0.104. The van der Waals surface area contributed by atoms with Crippen LogP contribution in [-0.4, -0.2) is 179 Å². The zero-order valence-corrected chi connectivity index (χ0v) is 93.5. The molecule has 7 aromatic carbocycles. The number of nitrogens with two attached hydrogens (primary N) is 1. The lowest BCUT2D eigenvalue weighted by atomic mass is 9.93. The minimum absolute atomic E-state index is 0.0225. The lowest BCUT2D eigenvalue weighted by Crippen LogP contribution is -2.37. The van der Waals surface area contributed by atoms with Gasteiger partial charge in [0.1, 0.15) is 56.0 Å². The van der Waals surface area contributed by atoms with Crippen LogP contribution < -0.4 is 64.1 Å². The van der Waals surface area contributed by atoms with E-state index in [0.29, 0.717) is 68.1 Å². The first-order valence-electron chi connectivity index (χ1n) is 44.8. The van der Waals surface area contributed by atoms with Crippen LogP contribution in [0, 0.1) is 52.5 Å². The lowest BCUT2D eigenvalue weighted by Gasteiger charge is -2.19. The molecule has 1 aliphatic carbocycles. The van der Waals surface area contributed by atoms with E-state index in [1.165, 1.54) is 122 Å². The number of anilines is 1. The van der Waals surface area contributed by atoms with Gasteiger partial charge in [0.05, 0.1) is 105 Å². The summed E-state index contributed by atoms with van der Waals surface area (Å²) in [6, 6.07) is 31.3. The normalized spacial score (nSPS) is 13.4. The number of thioether (sulfide) groups is 1. The van der Waals surface area contributed by atoms with Crippen molar-refractivity contribution < 1.29 is 134 Å². The number of rotatable bonds is 41. The number of hydrogen-bond donors (Lipinski definition) is 5. The van der Waals surface area contributed by atoms with Crippen molar-refractivity contribution in [2.75, 3.05) is 90.2 Å². The third-order valence-corrected chi connectivity index (χ3v) is 36.0. The van der Waals surface area contributed by atoms with Gasteiger partial charge in [0.25, 0.3) is 21.3 Å². The molecule has 52 heteroatoms. The summed E-state index contributed by atoms with van der Waals surface area (Å²) in [5, 5.41) is 38.7. The van der Waals surface area contributed by atoms with Gasteiger partial charge < -0.3 is 63.1 Å². The van der Waals surface area contributed by atoms with Crippen LogP contribution in [0.3, 0.4) is 0 Å². The Bertz CT molecular complexity index is 6480. The molecule has 2 heterocycles. The number of urea groups is 1. The average Bonchev–Trinajstić information content (AvgIpc) is 1.56. The number of carboxylic acid groups (broad SMARTS) is 1. The molecule has 149 heavy (non-hydrogen) atoms. The maximum atomic E-state index is 13.4. The number of aromatic nitrogens is 5. The molecular formula is C97H115BrCl2F6N11O25PS6. The number of aryl methyl sites for hydroxylation is 1. The van der Waals surface area contributed by atoms with Gasteiger partial charge in [-0.3, -0.25) is 29.8 Å². The van der Waals surface area contributed by atoms with E-state index in [4.69, 9.17) is 81.2 Å². The summed E-state index contributed by atoms with van der Waals surface area (Å²) < 4.78 is 188. The zero-order valence-electron chi connectivity index (χ0n) is 84.6. The molecule has 0 saturated heterocycles. The van der Waals surface area contributed by atoms with E-state index >= 15 is 0 Å². The van der Waals surface area contributed by atoms with E-state index in [2.05, 4.69) is 101 Å². The van der Waals surface area contributed by atoms with Crippen molar-refractivity contribution in [3.8, 4) is 63.8 Å². The Balaban J connectivity index is 0.000000321. The van der Waals surface area contributed by atoms with Gasteiger partial charge in [-0.2, -0.15) is 46.2 Å². The molecule has 0 spiro atoms. The number of alkyl halides is 6. The smallest absolute Gasteiger partial charge is 0.426 e. The van der Waals surface area contributed by atoms with Gasteiger partial charge in [0, 0.05) is 34.1 Å². The summed E-state index contributed by atoms with van der Waals surface area (Å²) in [4.78, 5) is 103. The lowest BCUT2D eigenvalue weighted by molar-refractivity contribution is -0.385. The Kier molecular flexibility index (Phi) is 51.4. The number of carbonyl (C=O) groups excluding carboxylic acids is 5. The highest BCUT2D eigenvalue weighted by Crippen LogP contribution is 2.70. The Hall–Kier alpha value is -11.6. The summed E-state index contributed by atoms with van der Waals surface area (Å²) in [5.74, 6) is 5.72. The van der Waals surface area contributed by atoms with Crippen LogP contribution in [0.1, 0.15) is 184 Å². The first-order chi connectivity index (χ1) is 69.9. The van der Waals surface area contributed by atoms with Crippen LogP contribution in [0.2, 0.25) is 5.02 Å². The molecule has 10 rings (SSSR count). The fraction of sp³-hybridized carbons (Fsp3) is 0.402. The molecule has 2 unspecified atom stereocenters. The average molecular weight is 2320 g/mol. The highest BCUT2D eigenvalue weighted by Gasteiger charge is 2.62. The van der Waals surface area contributed by atoms with Gasteiger partial charge in [0.2, 0.25) is 50.5 Å². The first-order valence-corrected chi connectivity index (χ1v) is 57.1. The molecule has 2 aromatic heterocycles. The monoisotopic (exact) mass is 2320 g/mol. The number of ether oxygens (including phenoxy) is 11. The fourth-order valence-corrected chi connectivity index (χ4v) is 26.6. The number of unbranched alkanes of at least 4 members (excludes halogenated alkanes) is 3. The minimum Gasteiger partial charge on any atom is -0.496 e. The number of carbonyl (C=O) groups is 6. The number of nitro groups is 1. The topological polar surface area (TPSA) is 495 Å². The molecule has 0 aliphatic heterocycles. The molecule has 1 aliphatic rings. The minimum atomic E-state index is -4.70. The van der Waals surface area contributed by atoms with Crippen LogP contribution in [0.5, 0.6) is 57.8 Å². The number of nitriles is 1. The summed E-state index contributed by atoms with van der Waals surface area (Å²) in [6.45, 7) is 22.1. The number of benzene rings is 7. The van der Waals surface area contributed by atoms with E-state index in [-0.39, 0.29) is 75.2 Å². The maximum absolute atomic E-state index is 13.4. The van der Waals surface area contributed by atoms with E-state index in [1.807, 2.05) is 65.0 Å². The molecular weight excluding hydrogens is 2210 g/mol. The number of nitro benzene ring substituents is 1. The van der Waals surface area contributed by atoms with Crippen LogP contribution in [0.4, 0.5) is 42.8 Å². The van der Waals surface area contributed by atoms with Crippen molar-refractivity contribution in [3.63, 3.8) is 0 Å². The number of methoxy groups -OCH3 is 6. The number of sulfonamides is 2. The number of ketones is 1. The van der Waals surface area contributed by atoms with Crippen molar-refractivity contribution in [2.24, 2.45) is 17.3 Å².